The summed E-state index contributed by atoms with van der Waals surface area (Å²) in [5, 5.41) is 1.95. The number of hydrogen-bond acceptors (Lipinski definition) is 4. The van der Waals surface area contributed by atoms with Crippen molar-refractivity contribution < 1.29 is 27.4 Å². The van der Waals surface area contributed by atoms with Crippen LogP contribution >= 0.6 is 0 Å². The van der Waals surface area contributed by atoms with Gasteiger partial charge in [-0.2, -0.15) is 0 Å². The van der Waals surface area contributed by atoms with Crippen LogP contribution in [0.25, 0.3) is 10.9 Å². The fraction of sp³-hybridized carbons (Fsp3) is 0.250. The second-order valence-electron chi connectivity index (χ2n) is 8.60. The summed E-state index contributed by atoms with van der Waals surface area (Å²) >= 11 is 0. The van der Waals surface area contributed by atoms with Crippen LogP contribution < -0.4 is 15.3 Å². The van der Waals surface area contributed by atoms with E-state index in [1.54, 1.807) is 30.3 Å². The lowest BCUT2D eigenvalue weighted by Crippen LogP contribution is -2.38. The Labute approximate surface area is 213 Å². The fourth-order valence-corrected chi connectivity index (χ4v) is 4.07. The van der Waals surface area contributed by atoms with Crippen LogP contribution in [0.15, 0.2) is 78.9 Å². The van der Waals surface area contributed by atoms with Gasteiger partial charge < -0.3 is 14.0 Å². The third-order valence-corrected chi connectivity index (χ3v) is 5.90. The molecule has 0 fully saturated rings. The summed E-state index contributed by atoms with van der Waals surface area (Å²) in [6.45, 7) is 2.74. The Kier molecular flexibility index (Phi) is 8.03. The number of fused-ring (bicyclic) bond motifs is 1. The summed E-state index contributed by atoms with van der Waals surface area (Å²) in [5.41, 5.74) is 2.24. The second-order valence-corrected chi connectivity index (χ2v) is 8.60. The first-order chi connectivity index (χ1) is 17.7. The standard InChI is InChI=1S/C28H28F3N3O3/c1-2-3-15-34(32)27(35)20-13-14-25-22(16-20)17-23(19-36-24-10-5-4-6-11-24)33(25)18-21-9-7-8-12-26(21)37-28(29,30)31/h4-14,16-17H,2-3,15,18-19,32H2,1H3. The second kappa shape index (κ2) is 11.4. The summed E-state index contributed by atoms with van der Waals surface area (Å²) in [6.07, 6.45) is -3.11. The van der Waals surface area contributed by atoms with Gasteiger partial charge in [0.1, 0.15) is 18.1 Å². The number of carbonyl (C=O) groups is 1. The first-order valence-corrected chi connectivity index (χ1v) is 12.0. The molecule has 37 heavy (non-hydrogen) atoms. The van der Waals surface area contributed by atoms with Crippen molar-refractivity contribution in [1.29, 1.82) is 0 Å². The highest BCUT2D eigenvalue weighted by Crippen LogP contribution is 2.30. The largest absolute Gasteiger partial charge is 0.573 e. The van der Waals surface area contributed by atoms with Crippen LogP contribution in [-0.4, -0.2) is 28.4 Å². The summed E-state index contributed by atoms with van der Waals surface area (Å²) in [6, 6.07) is 22.3. The number of unbranched alkanes of at least 4 members (excludes halogenated alkanes) is 1. The van der Waals surface area contributed by atoms with Gasteiger partial charge in [-0.15, -0.1) is 13.2 Å². The first kappa shape index (κ1) is 26.1. The van der Waals surface area contributed by atoms with Gasteiger partial charge in [0, 0.05) is 28.6 Å². The van der Waals surface area contributed by atoms with E-state index in [0.29, 0.717) is 23.4 Å². The minimum Gasteiger partial charge on any atom is -0.487 e. The summed E-state index contributed by atoms with van der Waals surface area (Å²) in [4.78, 5) is 12.8. The van der Waals surface area contributed by atoms with Gasteiger partial charge in [-0.25, -0.2) is 5.84 Å². The van der Waals surface area contributed by atoms with E-state index in [9.17, 15) is 18.0 Å². The molecule has 0 unspecified atom stereocenters. The van der Waals surface area contributed by atoms with Crippen LogP contribution in [0.4, 0.5) is 13.2 Å². The van der Waals surface area contributed by atoms with Crippen molar-refractivity contribution in [2.75, 3.05) is 6.54 Å². The average Bonchev–Trinajstić information content (AvgIpc) is 3.22. The lowest BCUT2D eigenvalue weighted by molar-refractivity contribution is -0.274. The van der Waals surface area contributed by atoms with E-state index in [1.165, 1.54) is 17.1 Å². The predicted octanol–water partition coefficient (Wildman–Crippen LogP) is 6.28. The molecule has 3 aromatic carbocycles. The summed E-state index contributed by atoms with van der Waals surface area (Å²) < 4.78 is 51.1. The Morgan fingerprint density at radius 1 is 1.00 bits per heavy atom. The van der Waals surface area contributed by atoms with E-state index in [1.807, 2.05) is 47.9 Å². The van der Waals surface area contributed by atoms with Gasteiger partial charge in [0.2, 0.25) is 0 Å². The molecule has 0 spiro atoms. The minimum absolute atomic E-state index is 0.107. The zero-order valence-corrected chi connectivity index (χ0v) is 20.4. The van der Waals surface area contributed by atoms with E-state index in [2.05, 4.69) is 4.74 Å². The number of carbonyl (C=O) groups excluding carboxylic acids is 1. The number of amides is 1. The van der Waals surface area contributed by atoms with E-state index in [4.69, 9.17) is 10.6 Å². The van der Waals surface area contributed by atoms with E-state index in [-0.39, 0.29) is 24.8 Å². The van der Waals surface area contributed by atoms with E-state index < -0.39 is 6.36 Å². The Balaban J connectivity index is 1.71. The number of nitrogens with two attached hydrogens (primary N) is 1. The van der Waals surface area contributed by atoms with Crippen LogP contribution in [0.3, 0.4) is 0 Å². The van der Waals surface area contributed by atoms with Crippen LogP contribution in [0.5, 0.6) is 11.5 Å². The maximum Gasteiger partial charge on any atom is 0.573 e. The normalized spacial score (nSPS) is 11.5. The smallest absolute Gasteiger partial charge is 0.487 e. The molecule has 9 heteroatoms. The Bertz CT molecular complexity index is 1350. The molecule has 0 radical (unpaired) electrons. The Hall–Kier alpha value is -3.98. The highest BCUT2D eigenvalue weighted by molar-refractivity contribution is 5.98. The van der Waals surface area contributed by atoms with Crippen molar-refractivity contribution in [2.24, 2.45) is 5.84 Å². The van der Waals surface area contributed by atoms with Gasteiger partial charge in [-0.3, -0.25) is 9.80 Å². The molecule has 2 N–H and O–H groups in total. The minimum atomic E-state index is -4.81. The molecular weight excluding hydrogens is 483 g/mol. The Morgan fingerprint density at radius 2 is 1.73 bits per heavy atom. The van der Waals surface area contributed by atoms with Gasteiger partial charge in [0.15, 0.2) is 0 Å². The third-order valence-electron chi connectivity index (χ3n) is 5.90. The van der Waals surface area contributed by atoms with Crippen molar-refractivity contribution >= 4 is 16.8 Å². The zero-order chi connectivity index (χ0) is 26.4. The highest BCUT2D eigenvalue weighted by Gasteiger charge is 2.32. The third kappa shape index (κ3) is 6.62. The van der Waals surface area contributed by atoms with Crippen molar-refractivity contribution in [3.05, 3.63) is 95.7 Å². The molecule has 0 saturated carbocycles. The number of rotatable bonds is 10. The number of hydrazine groups is 1. The number of nitrogens with zero attached hydrogens (tertiary/aromatic N) is 2. The molecule has 4 rings (SSSR count). The number of aromatic nitrogens is 1. The molecule has 194 valence electrons. The molecule has 1 heterocycles. The molecular formula is C28H28F3N3O3. The quantitative estimate of drug-likeness (QED) is 0.155. The Morgan fingerprint density at radius 3 is 2.46 bits per heavy atom. The summed E-state index contributed by atoms with van der Waals surface area (Å²) in [5.74, 6) is 6.04. The van der Waals surface area contributed by atoms with E-state index in [0.717, 1.165) is 29.4 Å². The molecule has 0 bridgehead atoms. The van der Waals surface area contributed by atoms with Crippen molar-refractivity contribution in [3.8, 4) is 11.5 Å². The fourth-order valence-electron chi connectivity index (χ4n) is 4.07. The number of alkyl halides is 3. The lowest BCUT2D eigenvalue weighted by atomic mass is 10.1. The van der Waals surface area contributed by atoms with Crippen LogP contribution in [-0.2, 0) is 13.2 Å². The number of benzene rings is 3. The monoisotopic (exact) mass is 511 g/mol. The average molecular weight is 512 g/mol. The van der Waals surface area contributed by atoms with Gasteiger partial charge in [0.05, 0.1) is 12.2 Å². The van der Waals surface area contributed by atoms with Crippen molar-refractivity contribution in [1.82, 2.24) is 9.58 Å². The van der Waals surface area contributed by atoms with Gasteiger partial charge in [-0.1, -0.05) is 49.7 Å². The van der Waals surface area contributed by atoms with Crippen molar-refractivity contribution in [3.63, 3.8) is 0 Å². The van der Waals surface area contributed by atoms with Crippen LogP contribution in [0, 0.1) is 0 Å². The topological polar surface area (TPSA) is 69.7 Å². The van der Waals surface area contributed by atoms with Crippen LogP contribution in [0.1, 0.15) is 41.4 Å². The molecule has 1 aromatic heterocycles. The highest BCUT2D eigenvalue weighted by atomic mass is 19.4. The molecule has 0 atom stereocenters. The maximum absolute atomic E-state index is 13.0. The molecule has 1 amide bonds. The molecule has 6 nitrogen and oxygen atoms in total. The van der Waals surface area contributed by atoms with Crippen molar-refractivity contribution in [2.45, 2.75) is 39.3 Å². The SMILES string of the molecule is CCCCN(N)C(=O)c1ccc2c(c1)cc(COc1ccccc1)n2Cc1ccccc1OC(F)(F)F. The molecule has 0 aliphatic rings. The van der Waals surface area contributed by atoms with Gasteiger partial charge in [-0.05, 0) is 48.9 Å². The molecule has 0 aliphatic carbocycles. The summed E-state index contributed by atoms with van der Waals surface area (Å²) in [7, 11) is 0. The first-order valence-electron chi connectivity index (χ1n) is 12.0. The molecule has 4 aromatic rings. The number of hydrogen-bond donors (Lipinski definition) is 1. The molecule has 0 saturated heterocycles. The number of halogens is 3. The van der Waals surface area contributed by atoms with Gasteiger partial charge in [0.25, 0.3) is 5.91 Å². The zero-order valence-electron chi connectivity index (χ0n) is 20.4. The van der Waals surface area contributed by atoms with Gasteiger partial charge >= 0.3 is 6.36 Å². The molecule has 0 aliphatic heterocycles. The lowest BCUT2D eigenvalue weighted by Gasteiger charge is -2.17. The van der Waals surface area contributed by atoms with E-state index >= 15 is 0 Å². The predicted molar refractivity (Wildman–Crippen MR) is 135 cm³/mol. The number of para-hydroxylation sites is 2. The number of ether oxygens (including phenoxy) is 2. The maximum atomic E-state index is 13.0. The van der Waals surface area contributed by atoms with Crippen LogP contribution in [0.2, 0.25) is 0 Å².